The van der Waals surface area contributed by atoms with E-state index in [2.05, 4.69) is 104 Å². The molecule has 8 aromatic rings. The van der Waals surface area contributed by atoms with Gasteiger partial charge in [0, 0.05) is 28.8 Å². The van der Waals surface area contributed by atoms with Gasteiger partial charge in [0.25, 0.3) is 0 Å². The van der Waals surface area contributed by atoms with Gasteiger partial charge in [-0.25, -0.2) is 8.78 Å². The Morgan fingerprint density at radius 1 is 0.456 bits per heavy atom. The molecule has 280 valence electrons. The minimum absolute atomic E-state index is 0.237. The van der Waals surface area contributed by atoms with E-state index in [-0.39, 0.29) is 17.6 Å². The molecule has 0 heterocycles. The number of hydrogen-bond donors (Lipinski definition) is 2. The van der Waals surface area contributed by atoms with E-state index < -0.39 is 23.5 Å². The van der Waals surface area contributed by atoms with Crippen LogP contribution in [-0.2, 0) is 0 Å². The molecule has 2 N–H and O–H groups in total. The van der Waals surface area contributed by atoms with Crippen LogP contribution in [0.4, 0.5) is 20.2 Å². The fourth-order valence-electron chi connectivity index (χ4n) is 9.30. The van der Waals surface area contributed by atoms with Gasteiger partial charge in [0.05, 0.1) is 12.1 Å². The molecule has 9 rings (SSSR count). The lowest BCUT2D eigenvalue weighted by molar-refractivity contribution is 0.495. The van der Waals surface area contributed by atoms with Crippen molar-refractivity contribution in [2.75, 3.05) is 10.6 Å². The summed E-state index contributed by atoms with van der Waals surface area (Å²) in [6.45, 7) is 6.42. The third-order valence-electron chi connectivity index (χ3n) is 11.7. The summed E-state index contributed by atoms with van der Waals surface area (Å²) in [5.41, 5.74) is 12.1. The molecular weight excluding hydrogens is 703 g/mol. The lowest BCUT2D eigenvalue weighted by atomic mass is 9.78. The molecule has 2 atom stereocenters. The molecule has 0 saturated heterocycles. The zero-order valence-electron chi connectivity index (χ0n) is 32.3. The van der Waals surface area contributed by atoms with Crippen LogP contribution in [0.2, 0.25) is 0 Å². The van der Waals surface area contributed by atoms with Crippen LogP contribution < -0.4 is 10.6 Å². The van der Waals surface area contributed by atoms with Gasteiger partial charge >= 0.3 is 0 Å². The van der Waals surface area contributed by atoms with Crippen molar-refractivity contribution in [2.24, 2.45) is 0 Å². The summed E-state index contributed by atoms with van der Waals surface area (Å²) in [5.74, 6) is -2.77. The number of anilines is 2. The summed E-state index contributed by atoms with van der Waals surface area (Å²) >= 11 is 0. The van der Waals surface area contributed by atoms with Crippen LogP contribution in [-0.4, -0.2) is 0 Å². The summed E-state index contributed by atoms with van der Waals surface area (Å²) in [5, 5.41) is 10.4. The van der Waals surface area contributed by atoms with Gasteiger partial charge in [-0.05, 0) is 87.7 Å². The van der Waals surface area contributed by atoms with Crippen molar-refractivity contribution in [3.8, 4) is 0 Å². The largest absolute Gasteiger partial charge is 0.375 e. The second kappa shape index (κ2) is 15.2. The first kappa shape index (κ1) is 36.1. The standard InChI is InChI=1S/C53H44F2N2/c1-33-30-34(2)50(35(3)31-33)56-52-41-28-16-26-40-27-17-29-42(47(40)41)53(52)57-51-43(45(36-18-8-4-9-19-36)37-20-10-5-11-21-37)32-44(54)49(55)48(51)46(38-22-12-6-13-23-38)39-24-14-7-15-25-39/h4-32,45-46,52-53,56-57H,1-3H3. The van der Waals surface area contributed by atoms with Crippen LogP contribution in [0.15, 0.2) is 176 Å². The molecule has 2 nitrogen and oxygen atoms in total. The zero-order chi connectivity index (χ0) is 39.0. The van der Waals surface area contributed by atoms with E-state index in [1.807, 2.05) is 97.1 Å². The average molecular weight is 747 g/mol. The third-order valence-corrected chi connectivity index (χ3v) is 11.7. The maximum atomic E-state index is 17.5. The van der Waals surface area contributed by atoms with E-state index in [1.54, 1.807) is 0 Å². The lowest BCUT2D eigenvalue weighted by Crippen LogP contribution is -2.25. The van der Waals surface area contributed by atoms with E-state index >= 15 is 8.78 Å². The Bertz CT molecular complexity index is 2590. The average Bonchev–Trinajstić information content (AvgIpc) is 3.53. The smallest absolute Gasteiger partial charge is 0.165 e. The Labute approximate surface area is 333 Å². The van der Waals surface area contributed by atoms with Gasteiger partial charge in [0.1, 0.15) is 0 Å². The van der Waals surface area contributed by atoms with Gasteiger partial charge < -0.3 is 10.6 Å². The van der Waals surface area contributed by atoms with Crippen molar-refractivity contribution in [1.29, 1.82) is 0 Å². The highest BCUT2D eigenvalue weighted by Crippen LogP contribution is 2.52. The van der Waals surface area contributed by atoms with Gasteiger partial charge in [-0.15, -0.1) is 0 Å². The second-order valence-electron chi connectivity index (χ2n) is 15.4. The number of benzene rings is 8. The third kappa shape index (κ3) is 6.65. The van der Waals surface area contributed by atoms with E-state index in [1.165, 1.54) is 17.0 Å². The first-order valence-corrected chi connectivity index (χ1v) is 19.7. The van der Waals surface area contributed by atoms with Crippen LogP contribution in [0.5, 0.6) is 0 Å². The Balaban J connectivity index is 1.34. The Morgan fingerprint density at radius 2 is 0.877 bits per heavy atom. The summed E-state index contributed by atoms with van der Waals surface area (Å²) in [7, 11) is 0. The van der Waals surface area contributed by atoms with Crippen LogP contribution in [0, 0.1) is 32.4 Å². The lowest BCUT2D eigenvalue weighted by Gasteiger charge is -2.33. The summed E-state index contributed by atoms with van der Waals surface area (Å²) in [4.78, 5) is 0. The zero-order valence-corrected chi connectivity index (χ0v) is 32.3. The summed E-state index contributed by atoms with van der Waals surface area (Å²) < 4.78 is 34.2. The first-order chi connectivity index (χ1) is 27.9. The number of aryl methyl sites for hydroxylation is 3. The molecule has 2 unspecified atom stereocenters. The molecule has 4 heteroatoms. The normalized spacial score (nSPS) is 14.7. The molecule has 0 spiro atoms. The molecule has 0 radical (unpaired) electrons. The number of halogens is 2. The fourth-order valence-corrected chi connectivity index (χ4v) is 9.30. The minimum atomic E-state index is -0.878. The molecule has 0 aromatic heterocycles. The number of rotatable bonds is 10. The second-order valence-corrected chi connectivity index (χ2v) is 15.4. The molecule has 0 saturated carbocycles. The predicted octanol–water partition coefficient (Wildman–Crippen LogP) is 13.7. The SMILES string of the molecule is Cc1cc(C)c(NC2c3cccc4cccc(c34)C2Nc2c(C(c3ccccc3)c3ccccc3)cc(F)c(F)c2C(c2ccccc2)c2ccccc2)c(C)c1. The number of nitrogens with one attached hydrogen (secondary N) is 2. The van der Waals surface area contributed by atoms with Crippen LogP contribution in [0.1, 0.15) is 85.1 Å². The monoisotopic (exact) mass is 746 g/mol. The quantitative estimate of drug-likeness (QED) is 0.136. The molecule has 0 bridgehead atoms. The summed E-state index contributed by atoms with van der Waals surface area (Å²) in [6.07, 6.45) is 0. The molecule has 0 fully saturated rings. The molecule has 0 aliphatic heterocycles. The van der Waals surface area contributed by atoms with Gasteiger partial charge in [0.2, 0.25) is 0 Å². The van der Waals surface area contributed by atoms with Crippen LogP contribution in [0.3, 0.4) is 0 Å². The molecule has 1 aliphatic carbocycles. The Hall–Kier alpha value is -6.52. The van der Waals surface area contributed by atoms with E-state index in [0.717, 1.165) is 55.6 Å². The summed E-state index contributed by atoms with van der Waals surface area (Å²) in [6, 6.07) is 58.3. The highest BCUT2D eigenvalue weighted by atomic mass is 19.2. The van der Waals surface area contributed by atoms with E-state index in [0.29, 0.717) is 11.3 Å². The highest BCUT2D eigenvalue weighted by Gasteiger charge is 2.38. The van der Waals surface area contributed by atoms with Gasteiger partial charge in [0.15, 0.2) is 11.6 Å². The molecule has 57 heavy (non-hydrogen) atoms. The van der Waals surface area contributed by atoms with E-state index in [9.17, 15) is 0 Å². The maximum Gasteiger partial charge on any atom is 0.165 e. The number of hydrogen-bond acceptors (Lipinski definition) is 2. The Morgan fingerprint density at radius 3 is 1.33 bits per heavy atom. The fraction of sp³-hybridized carbons (Fsp3) is 0.132. The van der Waals surface area contributed by atoms with Crippen LogP contribution >= 0.6 is 0 Å². The molecule has 8 aromatic carbocycles. The Kier molecular flexibility index (Phi) is 9.63. The van der Waals surface area contributed by atoms with Crippen molar-refractivity contribution in [2.45, 2.75) is 44.7 Å². The van der Waals surface area contributed by atoms with Gasteiger partial charge in [-0.3, -0.25) is 0 Å². The molecule has 1 aliphatic rings. The van der Waals surface area contributed by atoms with Crippen molar-refractivity contribution in [1.82, 2.24) is 0 Å². The van der Waals surface area contributed by atoms with Crippen molar-refractivity contribution in [3.63, 3.8) is 0 Å². The van der Waals surface area contributed by atoms with Crippen molar-refractivity contribution < 1.29 is 8.78 Å². The van der Waals surface area contributed by atoms with Crippen molar-refractivity contribution in [3.05, 3.63) is 249 Å². The van der Waals surface area contributed by atoms with Crippen LogP contribution in [0.25, 0.3) is 10.8 Å². The maximum absolute atomic E-state index is 17.5. The first-order valence-electron chi connectivity index (χ1n) is 19.7. The minimum Gasteiger partial charge on any atom is -0.375 e. The highest BCUT2D eigenvalue weighted by molar-refractivity contribution is 5.93. The van der Waals surface area contributed by atoms with Gasteiger partial charge in [-0.1, -0.05) is 175 Å². The van der Waals surface area contributed by atoms with E-state index in [4.69, 9.17) is 0 Å². The van der Waals surface area contributed by atoms with Crippen molar-refractivity contribution >= 4 is 22.1 Å². The molecule has 0 amide bonds. The predicted molar refractivity (Wildman–Crippen MR) is 231 cm³/mol. The topological polar surface area (TPSA) is 24.1 Å². The van der Waals surface area contributed by atoms with Gasteiger partial charge in [-0.2, -0.15) is 0 Å². The molecular formula is C53H44F2N2.